The molecule has 0 radical (unpaired) electrons. The molecule has 0 spiro atoms. The summed E-state index contributed by atoms with van der Waals surface area (Å²) in [5.41, 5.74) is 8.66. The Morgan fingerprint density at radius 3 is 2.70 bits per heavy atom. The average Bonchev–Trinajstić information content (AvgIpc) is 3.30. The number of anilines is 1. The summed E-state index contributed by atoms with van der Waals surface area (Å²) in [6.07, 6.45) is 4.98. The molecule has 1 fully saturated rings. The van der Waals surface area contributed by atoms with Crippen molar-refractivity contribution in [1.82, 2.24) is 24.9 Å². The monoisotopic (exact) mass is 401 g/mol. The lowest BCUT2D eigenvalue weighted by molar-refractivity contribution is 0.327. The van der Waals surface area contributed by atoms with Crippen LogP contribution in [0.1, 0.15) is 18.7 Å². The van der Waals surface area contributed by atoms with Crippen LogP contribution >= 0.6 is 23.2 Å². The summed E-state index contributed by atoms with van der Waals surface area (Å²) in [6.45, 7) is 1.57. The van der Waals surface area contributed by atoms with Crippen LogP contribution in [0.3, 0.4) is 0 Å². The number of benzene rings is 1. The van der Waals surface area contributed by atoms with E-state index in [2.05, 4.69) is 29.8 Å². The van der Waals surface area contributed by atoms with Crippen LogP contribution in [-0.2, 0) is 5.54 Å². The summed E-state index contributed by atoms with van der Waals surface area (Å²) in [5.74, 6) is 1.71. The van der Waals surface area contributed by atoms with Crippen LogP contribution in [-0.4, -0.2) is 38.0 Å². The van der Waals surface area contributed by atoms with Crippen molar-refractivity contribution in [2.75, 3.05) is 18.0 Å². The van der Waals surface area contributed by atoms with Gasteiger partial charge in [0.15, 0.2) is 0 Å². The third kappa shape index (κ3) is 2.74. The van der Waals surface area contributed by atoms with Crippen LogP contribution < -0.4 is 10.6 Å². The van der Waals surface area contributed by atoms with Gasteiger partial charge in [-0.3, -0.25) is 0 Å². The van der Waals surface area contributed by atoms with E-state index in [-0.39, 0.29) is 0 Å². The Kier molecular flexibility index (Phi) is 3.79. The lowest BCUT2D eigenvalue weighted by Crippen LogP contribution is -2.49. The van der Waals surface area contributed by atoms with Crippen LogP contribution in [0.15, 0.2) is 30.7 Å². The molecule has 27 heavy (non-hydrogen) atoms. The molecule has 1 aliphatic heterocycles. The van der Waals surface area contributed by atoms with E-state index in [1.807, 2.05) is 12.3 Å². The van der Waals surface area contributed by atoms with E-state index in [0.29, 0.717) is 10.0 Å². The van der Waals surface area contributed by atoms with Crippen molar-refractivity contribution in [3.05, 3.63) is 46.6 Å². The Bertz CT molecular complexity index is 1100. The van der Waals surface area contributed by atoms with Crippen molar-refractivity contribution in [1.29, 1.82) is 0 Å². The number of aromatic amines is 2. The van der Waals surface area contributed by atoms with Gasteiger partial charge < -0.3 is 20.6 Å². The van der Waals surface area contributed by atoms with Gasteiger partial charge in [0.2, 0.25) is 0 Å². The smallest absolute Gasteiger partial charge is 0.142 e. The molecular formula is C18H17Cl2N7. The second-order valence-corrected chi connectivity index (χ2v) is 7.76. The number of H-pyrrole nitrogens is 2. The van der Waals surface area contributed by atoms with Crippen molar-refractivity contribution in [2.45, 2.75) is 18.4 Å². The Labute approximate surface area is 164 Å². The molecule has 3 aromatic heterocycles. The van der Waals surface area contributed by atoms with E-state index in [4.69, 9.17) is 28.9 Å². The van der Waals surface area contributed by atoms with Crippen molar-refractivity contribution in [2.24, 2.45) is 5.73 Å². The first-order chi connectivity index (χ1) is 13.0. The first kappa shape index (κ1) is 16.8. The lowest BCUT2D eigenvalue weighted by atomic mass is 9.88. The van der Waals surface area contributed by atoms with E-state index < -0.39 is 5.54 Å². The predicted octanol–water partition coefficient (Wildman–Crippen LogP) is 3.60. The van der Waals surface area contributed by atoms with Crippen LogP contribution in [0.25, 0.3) is 22.1 Å². The highest BCUT2D eigenvalue weighted by molar-refractivity contribution is 6.42. The maximum absolute atomic E-state index is 6.73. The molecule has 4 aromatic rings. The number of nitrogens with zero attached hydrogens (tertiary/aromatic N) is 4. The molecule has 0 atom stereocenters. The fourth-order valence-electron chi connectivity index (χ4n) is 3.71. The second kappa shape index (κ2) is 6.09. The number of hydrogen-bond donors (Lipinski definition) is 3. The molecule has 0 unspecified atom stereocenters. The van der Waals surface area contributed by atoms with E-state index >= 15 is 0 Å². The lowest BCUT2D eigenvalue weighted by Gasteiger charge is -2.38. The normalized spacial score (nSPS) is 17.1. The summed E-state index contributed by atoms with van der Waals surface area (Å²) in [4.78, 5) is 22.1. The topological polar surface area (TPSA) is 99.5 Å². The van der Waals surface area contributed by atoms with Gasteiger partial charge in [0, 0.05) is 19.3 Å². The molecule has 0 bridgehead atoms. The van der Waals surface area contributed by atoms with E-state index in [1.165, 1.54) is 0 Å². The highest BCUT2D eigenvalue weighted by atomic mass is 35.5. The molecule has 0 aliphatic carbocycles. The van der Waals surface area contributed by atoms with Gasteiger partial charge in [-0.2, -0.15) is 0 Å². The van der Waals surface area contributed by atoms with Crippen LogP contribution in [0, 0.1) is 0 Å². The molecule has 1 aliphatic rings. The summed E-state index contributed by atoms with van der Waals surface area (Å²) >= 11 is 12.2. The maximum Gasteiger partial charge on any atom is 0.142 e. The van der Waals surface area contributed by atoms with Crippen molar-refractivity contribution >= 4 is 51.1 Å². The number of aromatic nitrogens is 5. The average molecular weight is 402 g/mol. The van der Waals surface area contributed by atoms with E-state index in [9.17, 15) is 0 Å². The Hall–Kier alpha value is -2.35. The van der Waals surface area contributed by atoms with Crippen LogP contribution in [0.5, 0.6) is 0 Å². The maximum atomic E-state index is 6.73. The quantitative estimate of drug-likeness (QED) is 0.476. The molecular weight excluding hydrogens is 385 g/mol. The van der Waals surface area contributed by atoms with Crippen molar-refractivity contribution in [3.63, 3.8) is 0 Å². The standard InChI is InChI=1S/C18H17Cl2N7/c19-11-7-13-14(8-12(11)20)26-17(25-13)18(21)2-5-27(6-3-18)16-10-1-4-22-15(10)23-9-24-16/h1,4,7-9H,2-3,5-6,21H2,(H,25,26)(H,22,23,24). The highest BCUT2D eigenvalue weighted by Gasteiger charge is 2.36. The first-order valence-electron chi connectivity index (χ1n) is 8.71. The van der Waals surface area contributed by atoms with Gasteiger partial charge in [0.1, 0.15) is 23.6 Å². The summed E-state index contributed by atoms with van der Waals surface area (Å²) < 4.78 is 0. The molecule has 1 saturated heterocycles. The number of hydrogen-bond acceptors (Lipinski definition) is 5. The fourth-order valence-corrected chi connectivity index (χ4v) is 4.03. The first-order valence-corrected chi connectivity index (χ1v) is 9.46. The molecule has 7 nitrogen and oxygen atoms in total. The molecule has 4 heterocycles. The minimum absolute atomic E-state index is 0.488. The zero-order chi connectivity index (χ0) is 18.6. The molecule has 9 heteroatoms. The molecule has 5 rings (SSSR count). The van der Waals surface area contributed by atoms with Gasteiger partial charge in [-0.15, -0.1) is 0 Å². The number of halogens is 2. The minimum Gasteiger partial charge on any atom is -0.356 e. The van der Waals surface area contributed by atoms with Crippen molar-refractivity contribution in [3.8, 4) is 0 Å². The number of imidazole rings is 1. The number of nitrogens with one attached hydrogen (secondary N) is 2. The predicted molar refractivity (Wildman–Crippen MR) is 107 cm³/mol. The van der Waals surface area contributed by atoms with Crippen LogP contribution in [0.4, 0.5) is 5.82 Å². The largest absolute Gasteiger partial charge is 0.356 e. The Balaban J connectivity index is 1.43. The zero-order valence-electron chi connectivity index (χ0n) is 14.3. The second-order valence-electron chi connectivity index (χ2n) is 6.95. The van der Waals surface area contributed by atoms with Gasteiger partial charge in [0.25, 0.3) is 0 Å². The van der Waals surface area contributed by atoms with Gasteiger partial charge in [-0.1, -0.05) is 23.2 Å². The van der Waals surface area contributed by atoms with Gasteiger partial charge >= 0.3 is 0 Å². The summed E-state index contributed by atoms with van der Waals surface area (Å²) in [7, 11) is 0. The number of piperidine rings is 1. The Morgan fingerprint density at radius 2 is 1.89 bits per heavy atom. The number of fused-ring (bicyclic) bond motifs is 2. The van der Waals surface area contributed by atoms with Gasteiger partial charge in [0.05, 0.1) is 32.0 Å². The molecule has 0 amide bonds. The zero-order valence-corrected chi connectivity index (χ0v) is 15.8. The SMILES string of the molecule is NC1(c2nc3cc(Cl)c(Cl)cc3[nH]2)CCN(c2ncnc3[nH]ccc23)CC1. The van der Waals surface area contributed by atoms with Gasteiger partial charge in [-0.25, -0.2) is 15.0 Å². The number of rotatable bonds is 2. The summed E-state index contributed by atoms with van der Waals surface area (Å²) in [5, 5.41) is 2.01. The molecule has 0 saturated carbocycles. The number of nitrogens with two attached hydrogens (primary N) is 1. The highest BCUT2D eigenvalue weighted by Crippen LogP contribution is 2.34. The van der Waals surface area contributed by atoms with Gasteiger partial charge in [-0.05, 0) is 31.0 Å². The van der Waals surface area contributed by atoms with E-state index in [0.717, 1.165) is 59.6 Å². The van der Waals surface area contributed by atoms with Crippen LogP contribution in [0.2, 0.25) is 10.0 Å². The Morgan fingerprint density at radius 1 is 1.11 bits per heavy atom. The third-order valence-corrected chi connectivity index (χ3v) is 6.01. The molecule has 138 valence electrons. The van der Waals surface area contributed by atoms with E-state index in [1.54, 1.807) is 18.5 Å². The van der Waals surface area contributed by atoms with Crippen molar-refractivity contribution < 1.29 is 0 Å². The molecule has 4 N–H and O–H groups in total. The minimum atomic E-state index is -0.529. The summed E-state index contributed by atoms with van der Waals surface area (Å²) in [6, 6.07) is 5.56. The third-order valence-electron chi connectivity index (χ3n) is 5.28. The molecule has 1 aromatic carbocycles. The fraction of sp³-hybridized carbons (Fsp3) is 0.278.